The number of hydrogen-bond acceptors (Lipinski definition) is 2. The van der Waals surface area contributed by atoms with E-state index in [1.54, 1.807) is 6.07 Å². The standard InChI is InChI=1S/C22H19NO/c1-23-15-18-14-19(24)12-13-20(18)21(16-8-4-2-5-9-16)22(23)17-10-6-3-7-11-17/h2-14,24H,15H2,1H3. The second-order valence-corrected chi connectivity index (χ2v) is 6.15. The van der Waals surface area contributed by atoms with E-state index in [-0.39, 0.29) is 0 Å². The van der Waals surface area contributed by atoms with E-state index in [4.69, 9.17) is 0 Å². The number of phenols is 1. The van der Waals surface area contributed by atoms with Gasteiger partial charge in [0.2, 0.25) is 0 Å². The van der Waals surface area contributed by atoms with Crippen molar-refractivity contribution < 1.29 is 5.11 Å². The molecule has 0 saturated carbocycles. The lowest BCUT2D eigenvalue weighted by Crippen LogP contribution is -2.23. The van der Waals surface area contributed by atoms with Crippen LogP contribution in [0, 0.1) is 0 Å². The summed E-state index contributed by atoms with van der Waals surface area (Å²) >= 11 is 0. The van der Waals surface area contributed by atoms with Gasteiger partial charge in [-0.3, -0.25) is 0 Å². The smallest absolute Gasteiger partial charge is 0.115 e. The lowest BCUT2D eigenvalue weighted by molar-refractivity contribution is 0.457. The summed E-state index contributed by atoms with van der Waals surface area (Å²) in [5.74, 6) is 0.317. The average Bonchev–Trinajstić information content (AvgIpc) is 2.62. The van der Waals surface area contributed by atoms with E-state index in [0.717, 1.165) is 12.1 Å². The Bertz CT molecular complexity index is 898. The molecule has 0 radical (unpaired) electrons. The Morgan fingerprint density at radius 1 is 0.792 bits per heavy atom. The number of benzene rings is 3. The maximum Gasteiger partial charge on any atom is 0.115 e. The van der Waals surface area contributed by atoms with Gasteiger partial charge >= 0.3 is 0 Å². The van der Waals surface area contributed by atoms with Crippen LogP contribution in [0.2, 0.25) is 0 Å². The van der Waals surface area contributed by atoms with Crippen molar-refractivity contribution in [2.45, 2.75) is 6.54 Å². The van der Waals surface area contributed by atoms with Crippen LogP contribution in [0.15, 0.2) is 78.9 Å². The van der Waals surface area contributed by atoms with Gasteiger partial charge < -0.3 is 10.0 Å². The lowest BCUT2D eigenvalue weighted by Gasteiger charge is -2.33. The van der Waals surface area contributed by atoms with Crippen molar-refractivity contribution in [2.75, 3.05) is 7.05 Å². The maximum atomic E-state index is 9.88. The Kier molecular flexibility index (Phi) is 3.58. The minimum absolute atomic E-state index is 0.317. The van der Waals surface area contributed by atoms with E-state index in [1.165, 1.54) is 28.0 Å². The molecule has 0 aliphatic carbocycles. The molecule has 1 heterocycles. The summed E-state index contributed by atoms with van der Waals surface area (Å²) in [5, 5.41) is 9.88. The second kappa shape index (κ2) is 5.89. The van der Waals surface area contributed by atoms with E-state index in [9.17, 15) is 5.11 Å². The van der Waals surface area contributed by atoms with E-state index in [1.807, 2.05) is 24.3 Å². The van der Waals surface area contributed by atoms with Crippen molar-refractivity contribution in [2.24, 2.45) is 0 Å². The molecule has 0 atom stereocenters. The fourth-order valence-corrected chi connectivity index (χ4v) is 3.47. The van der Waals surface area contributed by atoms with Crippen LogP contribution in [0.5, 0.6) is 5.75 Å². The molecule has 4 rings (SSSR count). The molecule has 1 N–H and O–H groups in total. The molecule has 0 bridgehead atoms. The zero-order valence-corrected chi connectivity index (χ0v) is 13.6. The minimum Gasteiger partial charge on any atom is -0.508 e. The Labute approximate surface area is 142 Å². The summed E-state index contributed by atoms with van der Waals surface area (Å²) in [6.45, 7) is 0.782. The molecule has 0 aromatic heterocycles. The molecule has 1 aliphatic rings. The van der Waals surface area contributed by atoms with Crippen molar-refractivity contribution in [3.8, 4) is 5.75 Å². The van der Waals surface area contributed by atoms with Gasteiger partial charge in [0.05, 0.1) is 5.70 Å². The molecule has 0 spiro atoms. The molecule has 3 aromatic carbocycles. The first kappa shape index (κ1) is 14.6. The van der Waals surface area contributed by atoms with Gasteiger partial charge in [0.1, 0.15) is 5.75 Å². The fraction of sp³-hybridized carbons (Fsp3) is 0.0909. The Hall–Kier alpha value is -3.00. The molecular formula is C22H19NO. The van der Waals surface area contributed by atoms with Crippen LogP contribution in [0.4, 0.5) is 0 Å². The first-order valence-corrected chi connectivity index (χ1v) is 8.12. The number of phenolic OH excluding ortho intramolecular Hbond substituents is 1. The quantitative estimate of drug-likeness (QED) is 0.737. The monoisotopic (exact) mass is 313 g/mol. The lowest BCUT2D eigenvalue weighted by atomic mass is 9.86. The number of nitrogens with zero attached hydrogens (tertiary/aromatic N) is 1. The molecule has 2 heteroatoms. The molecule has 2 nitrogen and oxygen atoms in total. The highest BCUT2D eigenvalue weighted by atomic mass is 16.3. The topological polar surface area (TPSA) is 23.5 Å². The minimum atomic E-state index is 0.317. The summed E-state index contributed by atoms with van der Waals surface area (Å²) in [7, 11) is 2.11. The van der Waals surface area contributed by atoms with E-state index in [2.05, 4.69) is 60.5 Å². The molecule has 118 valence electrons. The summed E-state index contributed by atoms with van der Waals surface area (Å²) in [4.78, 5) is 2.26. The van der Waals surface area contributed by atoms with E-state index < -0.39 is 0 Å². The van der Waals surface area contributed by atoms with Crippen molar-refractivity contribution in [1.82, 2.24) is 4.90 Å². The molecule has 0 unspecified atom stereocenters. The SMILES string of the molecule is CN1Cc2cc(O)ccc2C(c2ccccc2)=C1c1ccccc1. The van der Waals surface area contributed by atoms with Gasteiger partial charge in [-0.1, -0.05) is 66.7 Å². The highest BCUT2D eigenvalue weighted by Crippen LogP contribution is 2.40. The van der Waals surface area contributed by atoms with Crippen molar-refractivity contribution in [3.05, 3.63) is 101 Å². The Balaban J connectivity index is 2.04. The Morgan fingerprint density at radius 2 is 1.42 bits per heavy atom. The fourth-order valence-electron chi connectivity index (χ4n) is 3.47. The van der Waals surface area contributed by atoms with Crippen molar-refractivity contribution in [3.63, 3.8) is 0 Å². The zero-order chi connectivity index (χ0) is 16.5. The van der Waals surface area contributed by atoms with E-state index in [0.29, 0.717) is 5.75 Å². The first-order valence-electron chi connectivity index (χ1n) is 8.12. The molecule has 0 amide bonds. The van der Waals surface area contributed by atoms with Gasteiger partial charge in [0.15, 0.2) is 0 Å². The number of fused-ring (bicyclic) bond motifs is 1. The van der Waals surface area contributed by atoms with Gasteiger partial charge in [-0.05, 0) is 34.4 Å². The van der Waals surface area contributed by atoms with Crippen LogP contribution in [-0.4, -0.2) is 17.1 Å². The predicted octanol–water partition coefficient (Wildman–Crippen LogP) is 4.75. The zero-order valence-electron chi connectivity index (χ0n) is 13.6. The van der Waals surface area contributed by atoms with Gasteiger partial charge in [-0.2, -0.15) is 0 Å². The molecule has 3 aromatic rings. The third kappa shape index (κ3) is 2.46. The van der Waals surface area contributed by atoms with Gasteiger partial charge in [0, 0.05) is 19.2 Å². The predicted molar refractivity (Wildman–Crippen MR) is 98.4 cm³/mol. The molecule has 24 heavy (non-hydrogen) atoms. The third-order valence-corrected chi connectivity index (χ3v) is 4.49. The second-order valence-electron chi connectivity index (χ2n) is 6.15. The van der Waals surface area contributed by atoms with Crippen LogP contribution in [0.25, 0.3) is 11.3 Å². The molecule has 0 saturated heterocycles. The number of aromatic hydroxyl groups is 1. The first-order chi connectivity index (χ1) is 11.7. The number of hydrogen-bond donors (Lipinski definition) is 1. The average molecular weight is 313 g/mol. The molecule has 1 aliphatic heterocycles. The van der Waals surface area contributed by atoms with Crippen LogP contribution in [0.3, 0.4) is 0 Å². The van der Waals surface area contributed by atoms with Crippen LogP contribution in [0.1, 0.15) is 22.3 Å². The Morgan fingerprint density at radius 3 is 2.08 bits per heavy atom. The van der Waals surface area contributed by atoms with Gasteiger partial charge in [-0.25, -0.2) is 0 Å². The maximum absolute atomic E-state index is 9.88. The highest BCUT2D eigenvalue weighted by Gasteiger charge is 2.24. The highest BCUT2D eigenvalue weighted by molar-refractivity contribution is 5.99. The summed E-state index contributed by atoms with van der Waals surface area (Å²) < 4.78 is 0. The summed E-state index contributed by atoms with van der Waals surface area (Å²) in [6, 6.07) is 26.6. The molecule has 0 fully saturated rings. The summed E-state index contributed by atoms with van der Waals surface area (Å²) in [5.41, 5.74) is 7.17. The van der Waals surface area contributed by atoms with Gasteiger partial charge in [0.25, 0.3) is 0 Å². The van der Waals surface area contributed by atoms with Crippen molar-refractivity contribution >= 4 is 11.3 Å². The van der Waals surface area contributed by atoms with E-state index >= 15 is 0 Å². The number of rotatable bonds is 2. The van der Waals surface area contributed by atoms with Crippen LogP contribution >= 0.6 is 0 Å². The normalized spacial score (nSPS) is 13.8. The van der Waals surface area contributed by atoms with Crippen molar-refractivity contribution in [1.29, 1.82) is 0 Å². The van der Waals surface area contributed by atoms with Gasteiger partial charge in [-0.15, -0.1) is 0 Å². The summed E-state index contributed by atoms with van der Waals surface area (Å²) in [6.07, 6.45) is 0. The third-order valence-electron chi connectivity index (χ3n) is 4.49. The largest absolute Gasteiger partial charge is 0.508 e. The molecular weight excluding hydrogens is 294 g/mol. The van der Waals surface area contributed by atoms with Crippen LogP contribution in [-0.2, 0) is 6.54 Å². The van der Waals surface area contributed by atoms with Crippen LogP contribution < -0.4 is 0 Å².